The molecule has 1 heterocycles. The summed E-state index contributed by atoms with van der Waals surface area (Å²) in [6, 6.07) is 30.9. The lowest BCUT2D eigenvalue weighted by atomic mass is 10.0. The molecule has 256 valence electrons. The molecule has 0 spiro atoms. The first kappa shape index (κ1) is 34.0. The number of fused-ring (bicyclic) bond motifs is 4. The van der Waals surface area contributed by atoms with Crippen LogP contribution >= 0.6 is 7.37 Å². The molecule has 1 aliphatic heterocycles. The molecule has 52 heavy (non-hydrogen) atoms. The predicted octanol–water partition coefficient (Wildman–Crippen LogP) is 8.09. The van der Waals surface area contributed by atoms with E-state index in [0.717, 1.165) is 5.56 Å². The van der Waals surface area contributed by atoms with Gasteiger partial charge in [0.15, 0.2) is 23.6 Å². The summed E-state index contributed by atoms with van der Waals surface area (Å²) >= 11 is 0. The number of Topliss-reactive ketones (excluding diaryl/α,β-unsaturated/α-hetero) is 2. The zero-order chi connectivity index (χ0) is 36.7. The number of hydrogen-bond donors (Lipinski definition) is 0. The Morgan fingerprint density at radius 2 is 1.25 bits per heavy atom. The van der Waals surface area contributed by atoms with Crippen molar-refractivity contribution in [2.45, 2.75) is 20.8 Å². The third-order valence-electron chi connectivity index (χ3n) is 8.91. The Morgan fingerprint density at radius 1 is 0.635 bits per heavy atom. The lowest BCUT2D eigenvalue weighted by Crippen LogP contribution is -2.28. The van der Waals surface area contributed by atoms with E-state index in [2.05, 4.69) is 0 Å². The SMILES string of the molecule is CC(=O)c1ccc(C(=O)Oc2c(P3(=O)Oc4ccccc4-c4ccccc43)cc(OC(=O)c3ccc(C=O)c(C(C)=O)c3)c3ccccc23)cc1C. The van der Waals surface area contributed by atoms with Gasteiger partial charge in [0.25, 0.3) is 0 Å². The highest BCUT2D eigenvalue weighted by atomic mass is 31.2. The van der Waals surface area contributed by atoms with Gasteiger partial charge in [-0.05, 0) is 74.4 Å². The standard InChI is InChI=1S/C42H29O9P/c1-24-20-27(18-19-30(24)25(2)44)42(47)50-40-34-13-5-4-11-32(34)37(49-41(46)28-16-17-29(23-43)35(21-28)26(3)45)22-39(40)52(48)38-15-9-7-12-33(38)31-10-6-8-14-36(31)51-52/h4-23H,1-3H3. The Bertz CT molecular complexity index is 2570. The maximum absolute atomic E-state index is 15.6. The van der Waals surface area contributed by atoms with Gasteiger partial charge in [0.05, 0.1) is 21.7 Å². The van der Waals surface area contributed by atoms with E-state index in [1.165, 1.54) is 44.2 Å². The number of ether oxygens (including phenoxy) is 2. The molecule has 1 unspecified atom stereocenters. The van der Waals surface area contributed by atoms with Gasteiger partial charge in [0, 0.05) is 33.0 Å². The summed E-state index contributed by atoms with van der Waals surface area (Å²) < 4.78 is 34.1. The first-order valence-corrected chi connectivity index (χ1v) is 17.8. The normalized spacial score (nSPS) is 14.4. The van der Waals surface area contributed by atoms with E-state index in [-0.39, 0.29) is 44.8 Å². The lowest BCUT2D eigenvalue weighted by Gasteiger charge is -2.30. The number of para-hydroxylation sites is 1. The molecule has 0 aliphatic carbocycles. The molecule has 0 N–H and O–H groups in total. The average Bonchev–Trinajstić information content (AvgIpc) is 3.15. The number of hydrogen-bond acceptors (Lipinski definition) is 9. The molecule has 0 saturated heterocycles. The summed E-state index contributed by atoms with van der Waals surface area (Å²) in [6.07, 6.45) is 0.530. The number of aldehydes is 1. The van der Waals surface area contributed by atoms with E-state index in [1.54, 1.807) is 67.6 Å². The van der Waals surface area contributed by atoms with Crippen LogP contribution in [0.2, 0.25) is 0 Å². The van der Waals surface area contributed by atoms with Gasteiger partial charge in [-0.25, -0.2) is 9.59 Å². The Balaban J connectivity index is 1.43. The van der Waals surface area contributed by atoms with Crippen molar-refractivity contribution in [2.75, 3.05) is 0 Å². The van der Waals surface area contributed by atoms with Crippen molar-refractivity contribution in [3.63, 3.8) is 0 Å². The monoisotopic (exact) mass is 708 g/mol. The molecule has 0 bridgehead atoms. The van der Waals surface area contributed by atoms with Gasteiger partial charge >= 0.3 is 19.3 Å². The quantitative estimate of drug-likeness (QED) is 0.0506. The molecular formula is C42H29O9P. The Labute approximate surface area is 298 Å². The minimum Gasteiger partial charge on any atom is -0.436 e. The van der Waals surface area contributed by atoms with E-state index in [9.17, 15) is 24.0 Å². The van der Waals surface area contributed by atoms with Crippen LogP contribution in [-0.4, -0.2) is 29.8 Å². The summed E-state index contributed by atoms with van der Waals surface area (Å²) in [5, 5.41) is 0.945. The minimum absolute atomic E-state index is 0.00105. The van der Waals surface area contributed by atoms with Gasteiger partial charge in [-0.3, -0.25) is 18.9 Å². The van der Waals surface area contributed by atoms with Crippen LogP contribution < -0.4 is 24.6 Å². The summed E-state index contributed by atoms with van der Waals surface area (Å²) in [4.78, 5) is 63.4. The van der Waals surface area contributed by atoms with Crippen molar-refractivity contribution in [3.05, 3.63) is 149 Å². The second kappa shape index (κ2) is 13.4. The number of esters is 2. The van der Waals surface area contributed by atoms with Gasteiger partial charge in [-0.15, -0.1) is 0 Å². The maximum Gasteiger partial charge on any atom is 0.343 e. The predicted molar refractivity (Wildman–Crippen MR) is 196 cm³/mol. The molecule has 7 rings (SSSR count). The Hall–Kier alpha value is -6.44. The second-order valence-electron chi connectivity index (χ2n) is 12.3. The smallest absolute Gasteiger partial charge is 0.343 e. The van der Waals surface area contributed by atoms with Gasteiger partial charge < -0.3 is 14.0 Å². The van der Waals surface area contributed by atoms with Crippen LogP contribution in [0.1, 0.15) is 71.2 Å². The summed E-state index contributed by atoms with van der Waals surface area (Å²) in [5.74, 6) is -1.94. The number of benzene rings is 6. The van der Waals surface area contributed by atoms with Gasteiger partial charge in [0.2, 0.25) is 0 Å². The molecule has 0 fully saturated rings. The fourth-order valence-electron chi connectivity index (χ4n) is 6.39. The topological polar surface area (TPSA) is 130 Å². The summed E-state index contributed by atoms with van der Waals surface area (Å²) in [6.45, 7) is 4.44. The van der Waals surface area contributed by atoms with Crippen LogP contribution in [0.4, 0.5) is 0 Å². The minimum atomic E-state index is -4.18. The highest BCUT2D eigenvalue weighted by Crippen LogP contribution is 2.56. The molecule has 0 radical (unpaired) electrons. The average molecular weight is 709 g/mol. The maximum atomic E-state index is 15.6. The van der Waals surface area contributed by atoms with E-state index in [4.69, 9.17) is 14.0 Å². The number of carbonyl (C=O) groups is 5. The lowest BCUT2D eigenvalue weighted by molar-refractivity contribution is 0.0724. The zero-order valence-corrected chi connectivity index (χ0v) is 29.1. The van der Waals surface area contributed by atoms with Crippen LogP contribution in [0.15, 0.2) is 115 Å². The third kappa shape index (κ3) is 5.91. The third-order valence-corrected chi connectivity index (χ3v) is 11.4. The largest absolute Gasteiger partial charge is 0.436 e. The van der Waals surface area contributed by atoms with Crippen LogP contribution in [0.25, 0.3) is 21.9 Å². The van der Waals surface area contributed by atoms with Crippen molar-refractivity contribution in [1.29, 1.82) is 0 Å². The van der Waals surface area contributed by atoms with Crippen LogP contribution in [0.3, 0.4) is 0 Å². The molecule has 6 aromatic carbocycles. The fraction of sp³-hybridized carbons (Fsp3) is 0.0714. The van der Waals surface area contributed by atoms with E-state index >= 15 is 4.57 Å². The zero-order valence-electron chi connectivity index (χ0n) is 28.2. The molecule has 1 aliphatic rings. The molecule has 10 heteroatoms. The van der Waals surface area contributed by atoms with E-state index in [0.29, 0.717) is 44.8 Å². The Kier molecular flexibility index (Phi) is 8.74. The van der Waals surface area contributed by atoms with Crippen molar-refractivity contribution in [2.24, 2.45) is 0 Å². The van der Waals surface area contributed by atoms with Crippen molar-refractivity contribution in [1.82, 2.24) is 0 Å². The van der Waals surface area contributed by atoms with Crippen molar-refractivity contribution in [3.8, 4) is 28.4 Å². The number of aryl methyl sites for hydroxylation is 1. The van der Waals surface area contributed by atoms with Crippen molar-refractivity contribution >= 4 is 58.5 Å². The second-order valence-corrected chi connectivity index (χ2v) is 14.5. The summed E-state index contributed by atoms with van der Waals surface area (Å²) in [5.41, 5.74) is 2.75. The fourth-order valence-corrected chi connectivity index (χ4v) is 8.80. The highest BCUT2D eigenvalue weighted by molar-refractivity contribution is 7.75. The number of rotatable bonds is 8. The van der Waals surface area contributed by atoms with Crippen LogP contribution in [-0.2, 0) is 4.57 Å². The van der Waals surface area contributed by atoms with Gasteiger partial charge in [0.1, 0.15) is 11.5 Å². The molecule has 0 aromatic heterocycles. The van der Waals surface area contributed by atoms with Gasteiger partial charge in [-0.1, -0.05) is 72.8 Å². The van der Waals surface area contributed by atoms with E-state index in [1.807, 2.05) is 24.3 Å². The van der Waals surface area contributed by atoms with E-state index < -0.39 is 25.1 Å². The van der Waals surface area contributed by atoms with Gasteiger partial charge in [-0.2, -0.15) is 0 Å². The molecule has 0 saturated carbocycles. The highest BCUT2D eigenvalue weighted by Gasteiger charge is 2.42. The first-order chi connectivity index (χ1) is 25.0. The van der Waals surface area contributed by atoms with Crippen molar-refractivity contribution < 1.29 is 42.5 Å². The van der Waals surface area contributed by atoms with Crippen LogP contribution in [0.5, 0.6) is 17.2 Å². The molecule has 0 amide bonds. The first-order valence-electron chi connectivity index (χ1n) is 16.2. The molecule has 9 nitrogen and oxygen atoms in total. The Morgan fingerprint density at radius 3 is 1.96 bits per heavy atom. The number of carbonyl (C=O) groups excluding carboxylic acids is 5. The van der Waals surface area contributed by atoms with Crippen LogP contribution in [0, 0.1) is 6.92 Å². The molecule has 6 aromatic rings. The number of ketones is 2. The molecule has 1 atom stereocenters. The summed E-state index contributed by atoms with van der Waals surface area (Å²) in [7, 11) is -4.18. The molecular weight excluding hydrogens is 679 g/mol.